The standard InChI is InChI=1S/C66H106O6/c1-4-7-10-13-16-19-22-24-26-28-29-30-31-32-33-34-35-36-37-38-40-41-44-47-50-53-56-59-65(68)71-62-63(61-70-64(67)58-55-52-49-46-43-21-18-15-12-9-6-3)72-66(69)60-57-54-51-48-45-42-39-27-25-23-20-17-14-11-8-5-2/h7,10,15-16,18-20,23-24,26-27,29-30,32-33,35-36,38-40,44,47,63H,4-6,8-9,11-14,17,21-22,25,28,31,34,37,41-43,45-46,48-62H2,1-3H3/b10-7-,18-15-,19-16-,23-20-,26-24-,30-29-,33-32-,36-35-,39-27-,40-38-,47-44-. The van der Waals surface area contributed by atoms with Gasteiger partial charge < -0.3 is 14.2 Å². The van der Waals surface area contributed by atoms with Gasteiger partial charge in [-0.1, -0.05) is 225 Å². The van der Waals surface area contributed by atoms with Gasteiger partial charge in [0.2, 0.25) is 0 Å². The SMILES string of the molecule is CC/C=C\C/C=C\C/C=C\C/C=C\C/C=C\C/C=C\C/C=C\C/C=C\CCCCC(=O)OCC(COC(=O)CCCCCCC/C=C\CCCC)OC(=O)CCCCCCC/C=C\C/C=C\CCCCCC. The zero-order valence-electron chi connectivity index (χ0n) is 46.4. The maximum atomic E-state index is 12.8. The van der Waals surface area contributed by atoms with Gasteiger partial charge in [-0.15, -0.1) is 0 Å². The lowest BCUT2D eigenvalue weighted by Crippen LogP contribution is -2.30. The molecule has 0 aromatic rings. The molecule has 0 aromatic heterocycles. The fourth-order valence-electron chi connectivity index (χ4n) is 7.47. The molecule has 0 aliphatic rings. The summed E-state index contributed by atoms with van der Waals surface area (Å²) < 4.78 is 16.8. The maximum absolute atomic E-state index is 12.8. The highest BCUT2D eigenvalue weighted by Crippen LogP contribution is 2.13. The molecule has 0 heterocycles. The van der Waals surface area contributed by atoms with Crippen molar-refractivity contribution in [1.82, 2.24) is 0 Å². The van der Waals surface area contributed by atoms with Gasteiger partial charge in [0.1, 0.15) is 13.2 Å². The minimum absolute atomic E-state index is 0.106. The van der Waals surface area contributed by atoms with E-state index < -0.39 is 6.10 Å². The van der Waals surface area contributed by atoms with E-state index in [0.717, 1.165) is 141 Å². The van der Waals surface area contributed by atoms with Crippen LogP contribution in [0.1, 0.15) is 245 Å². The van der Waals surface area contributed by atoms with E-state index in [9.17, 15) is 14.4 Å². The van der Waals surface area contributed by atoms with Crippen molar-refractivity contribution in [3.05, 3.63) is 134 Å². The molecular weight excluding hydrogens is 889 g/mol. The fraction of sp³-hybridized carbons (Fsp3) is 0.621. The predicted octanol–water partition coefficient (Wildman–Crippen LogP) is 19.8. The zero-order chi connectivity index (χ0) is 52.2. The van der Waals surface area contributed by atoms with Gasteiger partial charge in [-0.25, -0.2) is 0 Å². The van der Waals surface area contributed by atoms with Gasteiger partial charge in [-0.3, -0.25) is 14.4 Å². The molecule has 0 N–H and O–H groups in total. The van der Waals surface area contributed by atoms with E-state index in [1.54, 1.807) is 0 Å². The van der Waals surface area contributed by atoms with E-state index in [0.29, 0.717) is 25.7 Å². The van der Waals surface area contributed by atoms with Crippen molar-refractivity contribution in [3.8, 4) is 0 Å². The molecule has 0 spiro atoms. The quantitative estimate of drug-likeness (QED) is 0.0261. The molecule has 1 unspecified atom stereocenters. The van der Waals surface area contributed by atoms with Gasteiger partial charge >= 0.3 is 17.9 Å². The van der Waals surface area contributed by atoms with E-state index in [1.165, 1.54) is 57.8 Å². The van der Waals surface area contributed by atoms with E-state index in [4.69, 9.17) is 14.2 Å². The number of allylic oxidation sites excluding steroid dienone is 22. The third kappa shape index (κ3) is 56.5. The van der Waals surface area contributed by atoms with Crippen LogP contribution in [0.2, 0.25) is 0 Å². The molecule has 406 valence electrons. The first kappa shape index (κ1) is 67.5. The van der Waals surface area contributed by atoms with Crippen molar-refractivity contribution >= 4 is 17.9 Å². The van der Waals surface area contributed by atoms with Crippen LogP contribution in [0.4, 0.5) is 0 Å². The van der Waals surface area contributed by atoms with Gasteiger partial charge in [-0.2, -0.15) is 0 Å². The first-order chi connectivity index (χ1) is 35.5. The fourth-order valence-corrected chi connectivity index (χ4v) is 7.47. The minimum atomic E-state index is -0.811. The van der Waals surface area contributed by atoms with E-state index in [2.05, 4.69) is 154 Å². The van der Waals surface area contributed by atoms with Crippen molar-refractivity contribution in [2.75, 3.05) is 13.2 Å². The largest absolute Gasteiger partial charge is 0.462 e. The minimum Gasteiger partial charge on any atom is -0.462 e. The Bertz CT molecular complexity index is 1560. The number of ether oxygens (including phenoxy) is 3. The van der Waals surface area contributed by atoms with Gasteiger partial charge in [0.15, 0.2) is 6.10 Å². The highest BCUT2D eigenvalue weighted by molar-refractivity contribution is 5.71. The Hall–Kier alpha value is -4.45. The molecule has 0 radical (unpaired) electrons. The Balaban J connectivity index is 4.44. The summed E-state index contributed by atoms with van der Waals surface area (Å²) in [6, 6.07) is 0. The first-order valence-corrected chi connectivity index (χ1v) is 29.2. The summed E-state index contributed by atoms with van der Waals surface area (Å²) in [5.41, 5.74) is 0. The van der Waals surface area contributed by atoms with Crippen molar-refractivity contribution < 1.29 is 28.6 Å². The predicted molar refractivity (Wildman–Crippen MR) is 311 cm³/mol. The van der Waals surface area contributed by atoms with Crippen LogP contribution in [0, 0.1) is 0 Å². The van der Waals surface area contributed by atoms with E-state index >= 15 is 0 Å². The molecule has 0 amide bonds. The van der Waals surface area contributed by atoms with Gasteiger partial charge in [-0.05, 0) is 135 Å². The smallest absolute Gasteiger partial charge is 0.306 e. The first-order valence-electron chi connectivity index (χ1n) is 29.2. The molecular formula is C66H106O6. The third-order valence-electron chi connectivity index (χ3n) is 11.9. The summed E-state index contributed by atoms with van der Waals surface area (Å²) in [5, 5.41) is 0. The number of rotatable bonds is 51. The molecule has 0 rings (SSSR count). The molecule has 0 aliphatic carbocycles. The Labute approximate surface area is 443 Å². The van der Waals surface area contributed by atoms with Crippen LogP contribution in [0.5, 0.6) is 0 Å². The highest BCUT2D eigenvalue weighted by Gasteiger charge is 2.19. The molecule has 0 aliphatic heterocycles. The van der Waals surface area contributed by atoms with Crippen LogP contribution >= 0.6 is 0 Å². The third-order valence-corrected chi connectivity index (χ3v) is 11.9. The summed E-state index contributed by atoms with van der Waals surface area (Å²) in [6.07, 6.45) is 83.0. The molecule has 0 saturated carbocycles. The van der Waals surface area contributed by atoms with Crippen molar-refractivity contribution in [2.24, 2.45) is 0 Å². The van der Waals surface area contributed by atoms with Crippen LogP contribution in [0.3, 0.4) is 0 Å². The number of carbonyl (C=O) groups is 3. The molecule has 0 saturated heterocycles. The summed E-state index contributed by atoms with van der Waals surface area (Å²) >= 11 is 0. The van der Waals surface area contributed by atoms with Crippen molar-refractivity contribution in [1.29, 1.82) is 0 Å². The summed E-state index contributed by atoms with van der Waals surface area (Å²) in [7, 11) is 0. The highest BCUT2D eigenvalue weighted by atomic mass is 16.6. The monoisotopic (exact) mass is 995 g/mol. The number of carbonyl (C=O) groups excluding carboxylic acids is 3. The average Bonchev–Trinajstić information content (AvgIpc) is 3.38. The molecule has 72 heavy (non-hydrogen) atoms. The Morgan fingerprint density at radius 3 is 0.931 bits per heavy atom. The van der Waals surface area contributed by atoms with E-state index in [1.807, 2.05) is 0 Å². The molecule has 6 nitrogen and oxygen atoms in total. The average molecular weight is 996 g/mol. The Morgan fingerprint density at radius 2 is 0.556 bits per heavy atom. The number of hydrogen-bond donors (Lipinski definition) is 0. The van der Waals surface area contributed by atoms with Gasteiger partial charge in [0, 0.05) is 19.3 Å². The summed E-state index contributed by atoms with van der Waals surface area (Å²) in [6.45, 7) is 6.40. The number of unbranched alkanes of at least 4 members (excludes halogenated alkanes) is 18. The van der Waals surface area contributed by atoms with Gasteiger partial charge in [0.25, 0.3) is 0 Å². The van der Waals surface area contributed by atoms with Crippen molar-refractivity contribution in [2.45, 2.75) is 252 Å². The van der Waals surface area contributed by atoms with Crippen LogP contribution < -0.4 is 0 Å². The summed E-state index contributed by atoms with van der Waals surface area (Å²) in [5.74, 6) is -0.980. The second kappa shape index (κ2) is 59.1. The second-order valence-electron chi connectivity index (χ2n) is 18.8. The maximum Gasteiger partial charge on any atom is 0.306 e. The lowest BCUT2D eigenvalue weighted by molar-refractivity contribution is -0.167. The van der Waals surface area contributed by atoms with E-state index in [-0.39, 0.29) is 31.1 Å². The lowest BCUT2D eigenvalue weighted by Gasteiger charge is -2.18. The van der Waals surface area contributed by atoms with Crippen molar-refractivity contribution in [3.63, 3.8) is 0 Å². The Morgan fingerprint density at radius 1 is 0.292 bits per heavy atom. The van der Waals surface area contributed by atoms with Crippen LogP contribution in [-0.2, 0) is 28.6 Å². The van der Waals surface area contributed by atoms with Crippen LogP contribution in [0.25, 0.3) is 0 Å². The van der Waals surface area contributed by atoms with Crippen LogP contribution in [0.15, 0.2) is 134 Å². The molecule has 0 aromatic carbocycles. The Kier molecular flexibility index (Phi) is 55.5. The molecule has 6 heteroatoms. The topological polar surface area (TPSA) is 78.9 Å². The van der Waals surface area contributed by atoms with Crippen LogP contribution in [-0.4, -0.2) is 37.2 Å². The molecule has 1 atom stereocenters. The lowest BCUT2D eigenvalue weighted by atomic mass is 10.1. The second-order valence-corrected chi connectivity index (χ2v) is 18.8. The molecule has 0 bridgehead atoms. The van der Waals surface area contributed by atoms with Gasteiger partial charge in [0.05, 0.1) is 0 Å². The summed E-state index contributed by atoms with van der Waals surface area (Å²) in [4.78, 5) is 38.1. The normalized spacial score (nSPS) is 13.1. The molecule has 0 fully saturated rings. The number of hydrogen-bond acceptors (Lipinski definition) is 6. The zero-order valence-corrected chi connectivity index (χ0v) is 46.4. The number of esters is 3.